The van der Waals surface area contributed by atoms with Gasteiger partial charge in [-0.05, 0) is 48.7 Å². The van der Waals surface area contributed by atoms with Gasteiger partial charge in [0.05, 0.1) is 11.2 Å². The van der Waals surface area contributed by atoms with Gasteiger partial charge in [-0.15, -0.1) is 0 Å². The van der Waals surface area contributed by atoms with Gasteiger partial charge in [0.25, 0.3) is 0 Å². The van der Waals surface area contributed by atoms with E-state index in [1.165, 1.54) is 44.2 Å². The van der Waals surface area contributed by atoms with Crippen LogP contribution in [0.15, 0.2) is 71.1 Å². The lowest BCUT2D eigenvalue weighted by Gasteiger charge is -2.24. The number of hydrogen-bond donors (Lipinski definition) is 0. The molecule has 0 radical (unpaired) electrons. The topological polar surface area (TPSA) is 26.0 Å². The van der Waals surface area contributed by atoms with E-state index in [0.29, 0.717) is 0 Å². The zero-order valence-corrected chi connectivity index (χ0v) is 17.7. The van der Waals surface area contributed by atoms with E-state index in [9.17, 15) is 0 Å². The molecule has 1 aliphatic rings. The second kappa shape index (κ2) is 5.82. The number of furan rings is 1. The number of hydrogen-bond acceptors (Lipinski definition) is 2. The van der Waals surface area contributed by atoms with Crippen LogP contribution in [0, 0.1) is 13.8 Å². The molecule has 146 valence electrons. The number of benzene rings is 3. The summed E-state index contributed by atoms with van der Waals surface area (Å²) in [6.07, 6.45) is 0. The van der Waals surface area contributed by atoms with Crippen LogP contribution in [-0.4, -0.2) is 4.98 Å². The molecule has 0 atom stereocenters. The fourth-order valence-corrected chi connectivity index (χ4v) is 5.35. The normalized spacial score (nSPS) is 14.3. The van der Waals surface area contributed by atoms with E-state index in [2.05, 4.69) is 88.4 Å². The van der Waals surface area contributed by atoms with Gasteiger partial charge < -0.3 is 4.42 Å². The highest BCUT2D eigenvalue weighted by molar-refractivity contribution is 5.97. The fourth-order valence-electron chi connectivity index (χ4n) is 5.35. The molecule has 2 heterocycles. The molecule has 2 heteroatoms. The first-order valence-electron chi connectivity index (χ1n) is 10.5. The van der Waals surface area contributed by atoms with Crippen molar-refractivity contribution in [2.75, 3.05) is 0 Å². The number of pyridine rings is 1. The van der Waals surface area contributed by atoms with Gasteiger partial charge in [0.1, 0.15) is 11.3 Å². The Labute approximate surface area is 176 Å². The smallest absolute Gasteiger partial charge is 0.139 e. The van der Waals surface area contributed by atoms with Crippen LogP contribution >= 0.6 is 0 Å². The maximum Gasteiger partial charge on any atom is 0.139 e. The van der Waals surface area contributed by atoms with Crippen LogP contribution in [-0.2, 0) is 5.41 Å². The third-order valence-electron chi connectivity index (χ3n) is 6.59. The Kier molecular flexibility index (Phi) is 3.39. The molecular formula is C28H23NO. The lowest BCUT2D eigenvalue weighted by atomic mass is 9.78. The first-order chi connectivity index (χ1) is 14.4. The van der Waals surface area contributed by atoms with E-state index in [1.54, 1.807) is 0 Å². The molecule has 5 aromatic rings. The molecule has 3 aromatic carbocycles. The van der Waals surface area contributed by atoms with Crippen LogP contribution in [0.5, 0.6) is 0 Å². The predicted molar refractivity (Wildman–Crippen MR) is 124 cm³/mol. The molecule has 0 unspecified atom stereocenters. The Bertz CT molecular complexity index is 1490. The van der Waals surface area contributed by atoms with E-state index in [4.69, 9.17) is 9.40 Å². The second-order valence-electron chi connectivity index (χ2n) is 9.00. The van der Waals surface area contributed by atoms with Crippen LogP contribution in [0.3, 0.4) is 0 Å². The molecule has 0 saturated heterocycles. The van der Waals surface area contributed by atoms with Crippen molar-refractivity contribution in [3.05, 3.63) is 89.0 Å². The van der Waals surface area contributed by atoms with Crippen molar-refractivity contribution in [2.24, 2.45) is 0 Å². The highest BCUT2D eigenvalue weighted by atomic mass is 16.3. The molecule has 2 nitrogen and oxygen atoms in total. The fraction of sp³-hybridized carbons (Fsp3) is 0.179. The van der Waals surface area contributed by atoms with Crippen LogP contribution in [0.4, 0.5) is 0 Å². The average Bonchev–Trinajstić information content (AvgIpc) is 3.22. The SMILES string of the molecule is Cc1cc(C)c2ccc(-c3cccc4c3C(C)(C)c3c-4oc4ccccc34)nc2c1. The van der Waals surface area contributed by atoms with Crippen molar-refractivity contribution in [1.29, 1.82) is 0 Å². The van der Waals surface area contributed by atoms with Crippen molar-refractivity contribution in [1.82, 2.24) is 4.98 Å². The zero-order valence-electron chi connectivity index (χ0n) is 17.7. The minimum Gasteiger partial charge on any atom is -0.456 e. The van der Waals surface area contributed by atoms with E-state index < -0.39 is 0 Å². The average molecular weight is 389 g/mol. The monoisotopic (exact) mass is 389 g/mol. The molecule has 6 rings (SSSR count). The van der Waals surface area contributed by atoms with Crippen molar-refractivity contribution < 1.29 is 4.42 Å². The van der Waals surface area contributed by atoms with E-state index in [1.807, 2.05) is 6.07 Å². The van der Waals surface area contributed by atoms with Gasteiger partial charge in [0.2, 0.25) is 0 Å². The van der Waals surface area contributed by atoms with Gasteiger partial charge in [0.15, 0.2) is 0 Å². The van der Waals surface area contributed by atoms with Crippen LogP contribution in [0.25, 0.3) is 44.5 Å². The molecule has 0 amide bonds. The number of aryl methyl sites for hydroxylation is 2. The Hall–Kier alpha value is -3.39. The van der Waals surface area contributed by atoms with Gasteiger partial charge in [-0.2, -0.15) is 0 Å². The Morgan fingerprint density at radius 1 is 0.767 bits per heavy atom. The lowest BCUT2D eigenvalue weighted by Crippen LogP contribution is -2.16. The highest BCUT2D eigenvalue weighted by Crippen LogP contribution is 2.55. The van der Waals surface area contributed by atoms with Crippen LogP contribution < -0.4 is 0 Å². The van der Waals surface area contributed by atoms with Crippen molar-refractivity contribution in [3.63, 3.8) is 0 Å². The van der Waals surface area contributed by atoms with Gasteiger partial charge >= 0.3 is 0 Å². The summed E-state index contributed by atoms with van der Waals surface area (Å²) in [6.45, 7) is 8.90. The maximum absolute atomic E-state index is 6.34. The van der Waals surface area contributed by atoms with Gasteiger partial charge in [-0.1, -0.05) is 62.4 Å². The van der Waals surface area contributed by atoms with Gasteiger partial charge in [-0.3, -0.25) is 0 Å². The van der Waals surface area contributed by atoms with Crippen molar-refractivity contribution in [3.8, 4) is 22.6 Å². The summed E-state index contributed by atoms with van der Waals surface area (Å²) in [6, 6.07) is 23.6. The first kappa shape index (κ1) is 17.5. The summed E-state index contributed by atoms with van der Waals surface area (Å²) in [7, 11) is 0. The summed E-state index contributed by atoms with van der Waals surface area (Å²) in [5.41, 5.74) is 10.4. The minimum absolute atomic E-state index is 0.160. The summed E-state index contributed by atoms with van der Waals surface area (Å²) in [4.78, 5) is 5.09. The molecular weight excluding hydrogens is 366 g/mol. The maximum atomic E-state index is 6.34. The standard InChI is InChI=1S/C28H23NO/c1-16-14-17(2)18-12-13-22(29-23(18)15-16)19-9-7-10-21-25(19)28(3,4)26-20-8-5-6-11-24(20)30-27(21)26/h5-15H,1-4H3. The number of aromatic nitrogens is 1. The molecule has 0 N–H and O–H groups in total. The van der Waals surface area contributed by atoms with Crippen molar-refractivity contribution >= 4 is 21.9 Å². The quantitative estimate of drug-likeness (QED) is 0.295. The molecule has 0 aliphatic heterocycles. The molecule has 30 heavy (non-hydrogen) atoms. The lowest BCUT2D eigenvalue weighted by molar-refractivity contribution is 0.619. The van der Waals surface area contributed by atoms with E-state index >= 15 is 0 Å². The number of para-hydroxylation sites is 1. The third-order valence-corrected chi connectivity index (χ3v) is 6.59. The summed E-state index contributed by atoms with van der Waals surface area (Å²) in [5, 5.41) is 2.42. The molecule has 0 bridgehead atoms. The van der Waals surface area contributed by atoms with Gasteiger partial charge in [-0.25, -0.2) is 4.98 Å². The summed E-state index contributed by atoms with van der Waals surface area (Å²) in [5.74, 6) is 1.01. The summed E-state index contributed by atoms with van der Waals surface area (Å²) < 4.78 is 6.34. The Morgan fingerprint density at radius 3 is 2.43 bits per heavy atom. The van der Waals surface area contributed by atoms with Crippen molar-refractivity contribution in [2.45, 2.75) is 33.1 Å². The number of nitrogens with zero attached hydrogens (tertiary/aromatic N) is 1. The third kappa shape index (κ3) is 2.22. The number of rotatable bonds is 1. The Morgan fingerprint density at radius 2 is 1.57 bits per heavy atom. The molecule has 2 aromatic heterocycles. The summed E-state index contributed by atoms with van der Waals surface area (Å²) >= 11 is 0. The highest BCUT2D eigenvalue weighted by Gasteiger charge is 2.42. The molecule has 1 aliphatic carbocycles. The minimum atomic E-state index is -0.160. The zero-order chi connectivity index (χ0) is 20.6. The van der Waals surface area contributed by atoms with E-state index in [0.717, 1.165) is 22.6 Å². The molecule has 0 fully saturated rings. The predicted octanol–water partition coefficient (Wildman–Crippen LogP) is 7.57. The van der Waals surface area contributed by atoms with E-state index in [-0.39, 0.29) is 5.41 Å². The first-order valence-corrected chi connectivity index (χ1v) is 10.5. The number of fused-ring (bicyclic) bond motifs is 6. The second-order valence-corrected chi connectivity index (χ2v) is 9.00. The van der Waals surface area contributed by atoms with Crippen LogP contribution in [0.2, 0.25) is 0 Å². The van der Waals surface area contributed by atoms with Gasteiger partial charge in [0, 0.05) is 32.9 Å². The van der Waals surface area contributed by atoms with Crippen LogP contribution in [0.1, 0.15) is 36.1 Å². The molecule has 0 spiro atoms. The Balaban J connectivity index is 1.63. The largest absolute Gasteiger partial charge is 0.456 e. The molecule has 0 saturated carbocycles.